The van der Waals surface area contributed by atoms with E-state index in [-0.39, 0.29) is 5.89 Å². The number of hydrogen-bond acceptors (Lipinski definition) is 3. The van der Waals surface area contributed by atoms with E-state index in [2.05, 4.69) is 9.97 Å². The average molecular weight is 178 g/mol. The molecule has 0 spiro atoms. The first-order chi connectivity index (χ1) is 6.27. The van der Waals surface area contributed by atoms with Gasteiger partial charge in [0.05, 0.1) is 18.0 Å². The third kappa shape index (κ3) is 1.42. The van der Waals surface area contributed by atoms with Gasteiger partial charge in [-0.25, -0.2) is 9.37 Å². The topological polar surface area (TPSA) is 38.9 Å². The molecule has 0 fully saturated rings. The van der Waals surface area contributed by atoms with Crippen molar-refractivity contribution in [2.75, 3.05) is 0 Å². The number of aromatic nitrogens is 2. The van der Waals surface area contributed by atoms with E-state index in [1.54, 1.807) is 13.1 Å². The predicted octanol–water partition coefficient (Wildman–Crippen LogP) is 2.18. The van der Waals surface area contributed by atoms with Gasteiger partial charge in [-0.3, -0.25) is 4.98 Å². The van der Waals surface area contributed by atoms with Gasteiger partial charge in [0.25, 0.3) is 0 Å². The fourth-order valence-electron chi connectivity index (χ4n) is 1.03. The van der Waals surface area contributed by atoms with E-state index in [4.69, 9.17) is 4.42 Å². The molecule has 2 aromatic rings. The number of hydrogen-bond donors (Lipinski definition) is 0. The third-order valence-corrected chi connectivity index (χ3v) is 1.62. The molecular weight excluding hydrogens is 171 g/mol. The summed E-state index contributed by atoms with van der Waals surface area (Å²) < 4.78 is 18.3. The van der Waals surface area contributed by atoms with Crippen molar-refractivity contribution in [3.05, 3.63) is 36.2 Å². The van der Waals surface area contributed by atoms with Crippen molar-refractivity contribution < 1.29 is 8.81 Å². The Morgan fingerprint density at radius 1 is 1.38 bits per heavy atom. The molecule has 0 aliphatic carbocycles. The summed E-state index contributed by atoms with van der Waals surface area (Å²) in [5.74, 6) is 0.521. The molecule has 0 N–H and O–H groups in total. The summed E-state index contributed by atoms with van der Waals surface area (Å²) in [4.78, 5) is 7.55. The number of halogens is 1. The average Bonchev–Trinajstić information content (AvgIpc) is 2.53. The van der Waals surface area contributed by atoms with Crippen molar-refractivity contribution in [3.63, 3.8) is 0 Å². The van der Waals surface area contributed by atoms with Crippen molar-refractivity contribution >= 4 is 0 Å². The second kappa shape index (κ2) is 2.97. The summed E-state index contributed by atoms with van der Waals surface area (Å²) in [6.45, 7) is 1.76. The van der Waals surface area contributed by atoms with Crippen LogP contribution in [-0.2, 0) is 0 Å². The zero-order valence-corrected chi connectivity index (χ0v) is 6.99. The molecule has 0 saturated carbocycles. The van der Waals surface area contributed by atoms with Gasteiger partial charge in [-0.1, -0.05) is 0 Å². The quantitative estimate of drug-likeness (QED) is 0.671. The van der Waals surface area contributed by atoms with Crippen LogP contribution in [0, 0.1) is 12.7 Å². The second-order valence-corrected chi connectivity index (χ2v) is 2.63. The predicted molar refractivity (Wildman–Crippen MR) is 44.4 cm³/mol. The number of aryl methyl sites for hydroxylation is 1. The Hall–Kier alpha value is -1.71. The zero-order chi connectivity index (χ0) is 9.26. The summed E-state index contributed by atoms with van der Waals surface area (Å²) in [6, 6.07) is 1.53. The first kappa shape index (κ1) is 7.91. The molecule has 0 unspecified atom stereocenters. The molecule has 0 aliphatic heterocycles. The van der Waals surface area contributed by atoms with Gasteiger partial charge < -0.3 is 4.42 Å². The highest BCUT2D eigenvalue weighted by molar-refractivity contribution is 5.52. The van der Waals surface area contributed by atoms with Crippen molar-refractivity contribution in [2.24, 2.45) is 0 Å². The lowest BCUT2D eigenvalue weighted by molar-refractivity contribution is 0.534. The fraction of sp³-hybridized carbons (Fsp3) is 0.111. The molecule has 0 aromatic carbocycles. The Morgan fingerprint density at radius 3 is 2.85 bits per heavy atom. The number of rotatable bonds is 1. The molecule has 0 atom stereocenters. The Morgan fingerprint density at radius 2 is 2.23 bits per heavy atom. The maximum absolute atomic E-state index is 13.1. The standard InChI is InChI=1S/C9H7FN2O/c1-6-4-12-9(13-6)7-2-3-11-5-8(7)10/h2-5H,1H3. The van der Waals surface area contributed by atoms with Crippen LogP contribution < -0.4 is 0 Å². The molecule has 2 rings (SSSR count). The lowest BCUT2D eigenvalue weighted by Crippen LogP contribution is -1.84. The summed E-state index contributed by atoms with van der Waals surface area (Å²) >= 11 is 0. The van der Waals surface area contributed by atoms with Gasteiger partial charge in [-0.15, -0.1) is 0 Å². The van der Waals surface area contributed by atoms with Gasteiger partial charge >= 0.3 is 0 Å². The molecule has 0 aliphatic rings. The molecule has 0 amide bonds. The lowest BCUT2D eigenvalue weighted by Gasteiger charge is -1.95. The molecule has 66 valence electrons. The molecule has 3 nitrogen and oxygen atoms in total. The Labute approximate surface area is 74.3 Å². The Balaban J connectivity index is 2.52. The lowest BCUT2D eigenvalue weighted by atomic mass is 10.2. The highest BCUT2D eigenvalue weighted by Gasteiger charge is 2.09. The minimum atomic E-state index is -0.427. The second-order valence-electron chi connectivity index (χ2n) is 2.63. The van der Waals surface area contributed by atoms with Gasteiger partial charge in [0.1, 0.15) is 5.76 Å². The smallest absolute Gasteiger partial charge is 0.229 e. The SMILES string of the molecule is Cc1cnc(-c2ccncc2F)o1. The van der Waals surface area contributed by atoms with E-state index in [1.165, 1.54) is 12.3 Å². The van der Waals surface area contributed by atoms with Crippen LogP contribution in [0.2, 0.25) is 0 Å². The summed E-state index contributed by atoms with van der Waals surface area (Å²) in [5, 5.41) is 0. The first-order valence-electron chi connectivity index (χ1n) is 3.79. The van der Waals surface area contributed by atoms with Gasteiger partial charge in [-0.2, -0.15) is 0 Å². The Bertz CT molecular complexity index is 425. The van der Waals surface area contributed by atoms with Gasteiger partial charge in [0.2, 0.25) is 5.89 Å². The summed E-state index contributed by atoms with van der Waals surface area (Å²) in [5.41, 5.74) is 0.336. The monoisotopic (exact) mass is 178 g/mol. The van der Waals surface area contributed by atoms with E-state index in [0.717, 1.165) is 6.20 Å². The molecule has 2 aromatic heterocycles. The number of oxazole rings is 1. The van der Waals surface area contributed by atoms with Crippen molar-refractivity contribution in [1.29, 1.82) is 0 Å². The van der Waals surface area contributed by atoms with E-state index in [9.17, 15) is 4.39 Å². The first-order valence-corrected chi connectivity index (χ1v) is 3.79. The molecule has 0 radical (unpaired) electrons. The van der Waals surface area contributed by atoms with E-state index in [0.29, 0.717) is 11.3 Å². The van der Waals surface area contributed by atoms with Crippen molar-refractivity contribution in [3.8, 4) is 11.5 Å². The van der Waals surface area contributed by atoms with E-state index >= 15 is 0 Å². The van der Waals surface area contributed by atoms with Crippen LogP contribution in [0.25, 0.3) is 11.5 Å². The molecule has 2 heterocycles. The fourth-order valence-corrected chi connectivity index (χ4v) is 1.03. The maximum atomic E-state index is 13.1. The molecule has 0 bridgehead atoms. The number of nitrogens with zero attached hydrogens (tertiary/aromatic N) is 2. The Kier molecular flexibility index (Phi) is 1.81. The van der Waals surface area contributed by atoms with Crippen molar-refractivity contribution in [1.82, 2.24) is 9.97 Å². The maximum Gasteiger partial charge on any atom is 0.229 e. The molecule has 4 heteroatoms. The largest absolute Gasteiger partial charge is 0.441 e. The molecular formula is C9H7FN2O. The molecule has 13 heavy (non-hydrogen) atoms. The van der Waals surface area contributed by atoms with Crippen molar-refractivity contribution in [2.45, 2.75) is 6.92 Å². The molecule has 0 saturated heterocycles. The zero-order valence-electron chi connectivity index (χ0n) is 6.99. The minimum Gasteiger partial charge on any atom is -0.441 e. The van der Waals surface area contributed by atoms with Crippen LogP contribution in [0.5, 0.6) is 0 Å². The summed E-state index contributed by atoms with van der Waals surface area (Å²) in [6.07, 6.45) is 4.18. The van der Waals surface area contributed by atoms with Crippen LogP contribution in [0.1, 0.15) is 5.76 Å². The minimum absolute atomic E-state index is 0.289. The van der Waals surface area contributed by atoms with Crippen LogP contribution in [-0.4, -0.2) is 9.97 Å². The van der Waals surface area contributed by atoms with Gasteiger partial charge in [0.15, 0.2) is 5.82 Å². The van der Waals surface area contributed by atoms with E-state index in [1.807, 2.05) is 0 Å². The van der Waals surface area contributed by atoms with E-state index < -0.39 is 5.82 Å². The highest BCUT2D eigenvalue weighted by Crippen LogP contribution is 2.20. The third-order valence-electron chi connectivity index (χ3n) is 1.62. The summed E-state index contributed by atoms with van der Waals surface area (Å²) in [7, 11) is 0. The van der Waals surface area contributed by atoms with Crippen LogP contribution in [0.3, 0.4) is 0 Å². The normalized spacial score (nSPS) is 10.3. The number of pyridine rings is 1. The van der Waals surface area contributed by atoms with Crippen LogP contribution in [0.4, 0.5) is 4.39 Å². The highest BCUT2D eigenvalue weighted by atomic mass is 19.1. The van der Waals surface area contributed by atoms with Crippen LogP contribution in [0.15, 0.2) is 29.1 Å². The van der Waals surface area contributed by atoms with Gasteiger partial charge in [-0.05, 0) is 13.0 Å². The van der Waals surface area contributed by atoms with Crippen LogP contribution >= 0.6 is 0 Å². The van der Waals surface area contributed by atoms with Gasteiger partial charge in [0, 0.05) is 6.20 Å².